The molecule has 5 atom stereocenters. The van der Waals surface area contributed by atoms with Crippen molar-refractivity contribution in [3.63, 3.8) is 0 Å². The molecule has 0 amide bonds. The minimum absolute atomic E-state index is 0.255. The van der Waals surface area contributed by atoms with Gasteiger partial charge in [-0.25, -0.2) is 0 Å². The largest absolute Gasteiger partial charge is 0.540 e. The van der Waals surface area contributed by atoms with Crippen LogP contribution in [0.1, 0.15) is 98.1 Å². The molecule has 0 radical (unpaired) electrons. The van der Waals surface area contributed by atoms with Gasteiger partial charge in [0.25, 0.3) is 8.32 Å². The first-order valence-corrected chi connectivity index (χ1v) is 16.4. The van der Waals surface area contributed by atoms with E-state index in [-0.39, 0.29) is 17.9 Å². The third kappa shape index (κ3) is 4.21. The molecule has 0 saturated heterocycles. The molecular formula is C31H50O3Si. The van der Waals surface area contributed by atoms with Crippen LogP contribution in [0.3, 0.4) is 0 Å². The maximum atomic E-state index is 9.87. The van der Waals surface area contributed by atoms with Gasteiger partial charge in [0.15, 0.2) is 5.75 Å². The van der Waals surface area contributed by atoms with Gasteiger partial charge in [0.05, 0.1) is 7.11 Å². The SMILES string of the molecule is COc1cc2c(cc1O[Si](C(C)C)(C(C)C)C(C)C)CC[C@@H]1[C@@H]2CC[C@]2(C)C([C@H](C)CO)=CC[C@@H]12. The highest BCUT2D eigenvalue weighted by Crippen LogP contribution is 2.62. The number of rotatable bonds is 8. The summed E-state index contributed by atoms with van der Waals surface area (Å²) in [6.07, 6.45) is 8.50. The molecule has 1 saturated carbocycles. The fourth-order valence-corrected chi connectivity index (χ4v) is 14.1. The number of ether oxygens (including phenoxy) is 1. The fraction of sp³-hybridized carbons (Fsp3) is 0.742. The third-order valence-electron chi connectivity index (χ3n) is 10.4. The summed E-state index contributed by atoms with van der Waals surface area (Å²) in [4.78, 5) is 0. The highest BCUT2D eigenvalue weighted by Gasteiger charge is 2.53. The zero-order valence-electron chi connectivity index (χ0n) is 23.8. The molecule has 0 spiro atoms. The summed E-state index contributed by atoms with van der Waals surface area (Å²) in [6.45, 7) is 19.0. The van der Waals surface area contributed by atoms with E-state index >= 15 is 0 Å². The molecule has 1 aromatic rings. The fourth-order valence-electron chi connectivity index (χ4n) is 8.82. The predicted octanol–water partition coefficient (Wildman–Crippen LogP) is 8.27. The van der Waals surface area contributed by atoms with Crippen molar-refractivity contribution in [2.24, 2.45) is 23.2 Å². The Morgan fingerprint density at radius 2 is 1.66 bits per heavy atom. The van der Waals surface area contributed by atoms with Crippen LogP contribution in [0.5, 0.6) is 11.5 Å². The van der Waals surface area contributed by atoms with Gasteiger partial charge in [0, 0.05) is 12.5 Å². The van der Waals surface area contributed by atoms with Crippen LogP contribution in [0, 0.1) is 23.2 Å². The average molecular weight is 499 g/mol. The molecule has 4 rings (SSSR count). The molecule has 1 aromatic carbocycles. The van der Waals surface area contributed by atoms with E-state index in [2.05, 4.69) is 73.6 Å². The molecule has 0 unspecified atom stereocenters. The minimum atomic E-state index is -2.05. The second kappa shape index (κ2) is 9.89. The summed E-state index contributed by atoms with van der Waals surface area (Å²) in [5, 5.41) is 9.87. The lowest BCUT2D eigenvalue weighted by molar-refractivity contribution is 0.0654. The van der Waals surface area contributed by atoms with Crippen LogP contribution >= 0.6 is 0 Å². The normalized spacial score (nSPS) is 29.1. The number of aryl methyl sites for hydroxylation is 1. The van der Waals surface area contributed by atoms with Gasteiger partial charge < -0.3 is 14.3 Å². The first-order chi connectivity index (χ1) is 16.5. The van der Waals surface area contributed by atoms with Crippen molar-refractivity contribution in [3.05, 3.63) is 34.9 Å². The Balaban J connectivity index is 1.67. The molecule has 0 aromatic heterocycles. The van der Waals surface area contributed by atoms with E-state index in [0.717, 1.165) is 17.9 Å². The summed E-state index contributed by atoms with van der Waals surface area (Å²) >= 11 is 0. The van der Waals surface area contributed by atoms with Gasteiger partial charge in [0.1, 0.15) is 5.75 Å². The van der Waals surface area contributed by atoms with E-state index < -0.39 is 8.32 Å². The molecule has 1 N–H and O–H groups in total. The number of hydrogen-bond donors (Lipinski definition) is 1. The summed E-state index contributed by atoms with van der Waals surface area (Å²) in [6, 6.07) is 4.71. The summed E-state index contributed by atoms with van der Waals surface area (Å²) in [5.74, 6) is 4.21. The van der Waals surface area contributed by atoms with E-state index in [1.54, 1.807) is 7.11 Å². The summed E-state index contributed by atoms with van der Waals surface area (Å²) < 4.78 is 13.1. The Labute approximate surface area is 215 Å². The Morgan fingerprint density at radius 1 is 1.00 bits per heavy atom. The number of fused-ring (bicyclic) bond motifs is 5. The van der Waals surface area contributed by atoms with Gasteiger partial charge in [-0.15, -0.1) is 0 Å². The molecule has 196 valence electrons. The quantitative estimate of drug-likeness (QED) is 0.289. The maximum Gasteiger partial charge on any atom is 0.258 e. The predicted molar refractivity (Wildman–Crippen MR) is 149 cm³/mol. The van der Waals surface area contributed by atoms with Crippen molar-refractivity contribution in [1.29, 1.82) is 0 Å². The summed E-state index contributed by atoms with van der Waals surface area (Å²) in [5.41, 5.74) is 6.39. The highest BCUT2D eigenvalue weighted by atomic mass is 28.4. The van der Waals surface area contributed by atoms with E-state index in [1.807, 2.05) is 0 Å². The lowest BCUT2D eigenvalue weighted by Gasteiger charge is -2.51. The average Bonchev–Trinajstić information content (AvgIpc) is 3.17. The van der Waals surface area contributed by atoms with Gasteiger partial charge in [-0.3, -0.25) is 0 Å². The molecule has 0 heterocycles. The number of aliphatic hydroxyl groups is 1. The second-order valence-corrected chi connectivity index (χ2v) is 18.3. The zero-order chi connectivity index (χ0) is 25.7. The second-order valence-electron chi connectivity index (χ2n) is 13.0. The minimum Gasteiger partial charge on any atom is -0.540 e. The molecule has 3 nitrogen and oxygen atoms in total. The smallest absolute Gasteiger partial charge is 0.258 e. The van der Waals surface area contributed by atoms with Crippen LogP contribution in [0.25, 0.3) is 0 Å². The number of benzene rings is 1. The number of hydrogen-bond acceptors (Lipinski definition) is 3. The molecule has 4 heteroatoms. The number of allylic oxidation sites excluding steroid dienone is 1. The van der Waals surface area contributed by atoms with Crippen LogP contribution in [0.2, 0.25) is 16.6 Å². The Morgan fingerprint density at radius 3 is 2.23 bits per heavy atom. The van der Waals surface area contributed by atoms with Gasteiger partial charge in [-0.05, 0) is 95.2 Å². The monoisotopic (exact) mass is 498 g/mol. The standard InChI is InChI=1S/C31H50O3Si/c1-19(2)35(20(3)4,21(5)6)34-30-16-23-10-11-25-24(26(23)17-29(30)33-9)14-15-31(8)27(22(7)18-32)12-13-28(25)31/h12,16-17,19-22,24-25,28,32H,10-11,13-15,18H2,1-9H3/t22-,24+,25-,28+,31-/m1/s1. The lowest BCUT2D eigenvalue weighted by Crippen LogP contribution is -2.50. The van der Waals surface area contributed by atoms with Crippen molar-refractivity contribution in [2.75, 3.05) is 13.7 Å². The van der Waals surface area contributed by atoms with Crippen LogP contribution in [0.15, 0.2) is 23.8 Å². The molecule has 35 heavy (non-hydrogen) atoms. The Hall–Kier alpha value is -1.26. The van der Waals surface area contributed by atoms with Crippen molar-refractivity contribution in [2.45, 2.75) is 110 Å². The number of methoxy groups -OCH3 is 1. The maximum absolute atomic E-state index is 9.87. The van der Waals surface area contributed by atoms with Crippen LogP contribution < -0.4 is 9.16 Å². The van der Waals surface area contributed by atoms with Crippen LogP contribution in [0.4, 0.5) is 0 Å². The highest BCUT2D eigenvalue weighted by molar-refractivity contribution is 6.78. The Bertz CT molecular complexity index is 927. The first-order valence-electron chi connectivity index (χ1n) is 14.2. The van der Waals surface area contributed by atoms with Gasteiger partial charge in [-0.1, -0.05) is 67.0 Å². The molecule has 0 bridgehead atoms. The van der Waals surface area contributed by atoms with Gasteiger partial charge >= 0.3 is 0 Å². The van der Waals surface area contributed by atoms with Gasteiger partial charge in [-0.2, -0.15) is 0 Å². The van der Waals surface area contributed by atoms with E-state index in [9.17, 15) is 5.11 Å². The van der Waals surface area contributed by atoms with Crippen molar-refractivity contribution in [1.82, 2.24) is 0 Å². The van der Waals surface area contributed by atoms with Gasteiger partial charge in [0.2, 0.25) is 0 Å². The molecular weight excluding hydrogens is 448 g/mol. The zero-order valence-corrected chi connectivity index (χ0v) is 24.8. The van der Waals surface area contributed by atoms with E-state index in [0.29, 0.717) is 34.4 Å². The molecule has 3 aliphatic carbocycles. The number of aliphatic hydroxyl groups excluding tert-OH is 1. The molecule has 1 fully saturated rings. The van der Waals surface area contributed by atoms with Crippen molar-refractivity contribution < 1.29 is 14.3 Å². The van der Waals surface area contributed by atoms with Crippen molar-refractivity contribution in [3.8, 4) is 11.5 Å². The summed E-state index contributed by atoms with van der Waals surface area (Å²) in [7, 11) is -0.248. The molecule has 0 aliphatic heterocycles. The van der Waals surface area contributed by atoms with E-state index in [4.69, 9.17) is 9.16 Å². The Kier molecular flexibility index (Phi) is 7.57. The molecule has 3 aliphatic rings. The first kappa shape index (κ1) is 26.8. The van der Waals surface area contributed by atoms with Crippen LogP contribution in [-0.2, 0) is 6.42 Å². The van der Waals surface area contributed by atoms with E-state index in [1.165, 1.54) is 42.4 Å². The third-order valence-corrected chi connectivity index (χ3v) is 16.4. The van der Waals surface area contributed by atoms with Crippen LogP contribution in [-0.4, -0.2) is 27.1 Å². The topological polar surface area (TPSA) is 38.7 Å². The van der Waals surface area contributed by atoms with Crippen molar-refractivity contribution >= 4 is 8.32 Å². The lowest BCUT2D eigenvalue weighted by atomic mass is 9.53.